The summed E-state index contributed by atoms with van der Waals surface area (Å²) >= 11 is 0. The first-order chi connectivity index (χ1) is 9.24. The smallest absolute Gasteiger partial charge is 0.0686 e. The molecule has 2 aromatic carbocycles. The van der Waals surface area contributed by atoms with Crippen molar-refractivity contribution in [2.45, 2.75) is 26.3 Å². The van der Waals surface area contributed by atoms with Crippen LogP contribution in [0.5, 0.6) is 0 Å². The molecule has 0 unspecified atom stereocenters. The number of fused-ring (bicyclic) bond motifs is 1. The van der Waals surface area contributed by atoms with Gasteiger partial charge in [-0.25, -0.2) is 0 Å². The molecule has 0 aliphatic heterocycles. The lowest BCUT2D eigenvalue weighted by Gasteiger charge is -2.07. The van der Waals surface area contributed by atoms with E-state index in [9.17, 15) is 0 Å². The van der Waals surface area contributed by atoms with Crippen molar-refractivity contribution in [3.05, 3.63) is 65.9 Å². The molecule has 0 atom stereocenters. The van der Waals surface area contributed by atoms with E-state index < -0.39 is 0 Å². The minimum Gasteiger partial charge on any atom is -0.260 e. The molecule has 0 amide bonds. The van der Waals surface area contributed by atoms with Gasteiger partial charge >= 0.3 is 0 Å². The van der Waals surface area contributed by atoms with Gasteiger partial charge in [-0.15, -0.1) is 0 Å². The molecule has 0 radical (unpaired) electrons. The Morgan fingerprint density at radius 3 is 2.58 bits per heavy atom. The van der Waals surface area contributed by atoms with E-state index in [4.69, 9.17) is 0 Å². The molecule has 0 bridgehead atoms. The molecule has 0 aliphatic rings. The molecule has 0 N–H and O–H groups in total. The summed E-state index contributed by atoms with van der Waals surface area (Å²) in [5.74, 6) is 0.557. The van der Waals surface area contributed by atoms with Crippen molar-refractivity contribution in [2.24, 2.45) is 0 Å². The second-order valence-electron chi connectivity index (χ2n) is 5.26. The average Bonchev–Trinajstić information content (AvgIpc) is 2.82. The molecule has 0 saturated carbocycles. The van der Waals surface area contributed by atoms with Crippen molar-refractivity contribution in [1.82, 2.24) is 9.78 Å². The Labute approximate surface area is 113 Å². The van der Waals surface area contributed by atoms with Gasteiger partial charge in [-0.3, -0.25) is 4.68 Å². The first kappa shape index (κ1) is 12.0. The molecular formula is C17H18N2. The van der Waals surface area contributed by atoms with Gasteiger partial charge in [0.2, 0.25) is 0 Å². The topological polar surface area (TPSA) is 17.8 Å². The quantitative estimate of drug-likeness (QED) is 0.681. The lowest BCUT2D eigenvalue weighted by atomic mass is 10.0. The molecule has 19 heavy (non-hydrogen) atoms. The second-order valence-corrected chi connectivity index (χ2v) is 5.26. The summed E-state index contributed by atoms with van der Waals surface area (Å²) in [5, 5.41) is 5.73. The van der Waals surface area contributed by atoms with Crippen LogP contribution in [-0.4, -0.2) is 9.78 Å². The molecule has 2 nitrogen and oxygen atoms in total. The molecule has 0 saturated heterocycles. The molecule has 2 heteroatoms. The first-order valence-electron chi connectivity index (χ1n) is 6.73. The third-order valence-electron chi connectivity index (χ3n) is 3.51. The second kappa shape index (κ2) is 4.88. The van der Waals surface area contributed by atoms with E-state index in [0.29, 0.717) is 5.92 Å². The first-order valence-corrected chi connectivity index (χ1v) is 6.73. The molecule has 1 aromatic heterocycles. The zero-order valence-corrected chi connectivity index (χ0v) is 11.4. The lowest BCUT2D eigenvalue weighted by molar-refractivity contribution is 0.712. The Hall–Kier alpha value is -2.09. The Morgan fingerprint density at radius 2 is 1.84 bits per heavy atom. The highest BCUT2D eigenvalue weighted by Gasteiger charge is 2.06. The summed E-state index contributed by atoms with van der Waals surface area (Å²) in [6.45, 7) is 5.26. The fraction of sp³-hybridized carbons (Fsp3) is 0.235. The van der Waals surface area contributed by atoms with Crippen LogP contribution >= 0.6 is 0 Å². The standard InChI is InChI=1S/C17H18N2/c1-13(2)15-8-9-17-16(10-15)11-18-19(17)12-14-6-4-3-5-7-14/h3-11,13H,12H2,1-2H3. The number of rotatable bonds is 3. The molecule has 0 aliphatic carbocycles. The Balaban J connectivity index is 1.97. The normalized spacial score (nSPS) is 11.3. The fourth-order valence-electron chi connectivity index (χ4n) is 2.35. The van der Waals surface area contributed by atoms with Crippen molar-refractivity contribution in [3.63, 3.8) is 0 Å². The van der Waals surface area contributed by atoms with Gasteiger partial charge in [0.25, 0.3) is 0 Å². The fourth-order valence-corrected chi connectivity index (χ4v) is 2.35. The van der Waals surface area contributed by atoms with E-state index in [1.54, 1.807) is 0 Å². The number of hydrogen-bond donors (Lipinski definition) is 0. The SMILES string of the molecule is CC(C)c1ccc2c(cnn2Cc2ccccc2)c1. The molecule has 0 spiro atoms. The number of nitrogens with zero attached hydrogens (tertiary/aromatic N) is 2. The van der Waals surface area contributed by atoms with Gasteiger partial charge in [0.1, 0.15) is 0 Å². The summed E-state index contributed by atoms with van der Waals surface area (Å²) in [5.41, 5.74) is 3.85. The van der Waals surface area contributed by atoms with E-state index in [-0.39, 0.29) is 0 Å². The van der Waals surface area contributed by atoms with E-state index in [2.05, 4.69) is 66.1 Å². The maximum atomic E-state index is 4.51. The molecular weight excluding hydrogens is 232 g/mol. The highest BCUT2D eigenvalue weighted by Crippen LogP contribution is 2.21. The molecule has 3 aromatic rings. The van der Waals surface area contributed by atoms with E-state index in [1.165, 1.54) is 22.0 Å². The molecule has 3 rings (SSSR count). The highest BCUT2D eigenvalue weighted by atomic mass is 15.3. The van der Waals surface area contributed by atoms with Gasteiger partial charge in [-0.05, 0) is 29.2 Å². The third kappa shape index (κ3) is 2.39. The van der Waals surface area contributed by atoms with E-state index >= 15 is 0 Å². The number of benzene rings is 2. The highest BCUT2D eigenvalue weighted by molar-refractivity contribution is 5.79. The minimum absolute atomic E-state index is 0.557. The van der Waals surface area contributed by atoms with Crippen LogP contribution in [0.4, 0.5) is 0 Å². The maximum Gasteiger partial charge on any atom is 0.0686 e. The van der Waals surface area contributed by atoms with Crippen LogP contribution in [0.3, 0.4) is 0 Å². The zero-order chi connectivity index (χ0) is 13.2. The maximum absolute atomic E-state index is 4.51. The predicted octanol–water partition coefficient (Wildman–Crippen LogP) is 4.21. The van der Waals surface area contributed by atoms with Crippen LogP contribution in [0, 0.1) is 0 Å². The van der Waals surface area contributed by atoms with E-state index in [0.717, 1.165) is 6.54 Å². The Kier molecular flexibility index (Phi) is 3.08. The number of aromatic nitrogens is 2. The lowest BCUT2D eigenvalue weighted by Crippen LogP contribution is -2.01. The Morgan fingerprint density at radius 1 is 1.05 bits per heavy atom. The Bertz CT molecular complexity index is 681. The predicted molar refractivity (Wildman–Crippen MR) is 79.4 cm³/mol. The van der Waals surface area contributed by atoms with Crippen molar-refractivity contribution >= 4 is 10.9 Å². The summed E-state index contributed by atoms with van der Waals surface area (Å²) in [7, 11) is 0. The average molecular weight is 250 g/mol. The van der Waals surface area contributed by atoms with Gasteiger partial charge in [0.15, 0.2) is 0 Å². The van der Waals surface area contributed by atoms with Gasteiger partial charge < -0.3 is 0 Å². The van der Waals surface area contributed by atoms with Crippen molar-refractivity contribution < 1.29 is 0 Å². The van der Waals surface area contributed by atoms with E-state index in [1.807, 2.05) is 12.3 Å². The van der Waals surface area contributed by atoms with Crippen LogP contribution in [0.2, 0.25) is 0 Å². The monoisotopic (exact) mass is 250 g/mol. The van der Waals surface area contributed by atoms with Crippen LogP contribution in [0.1, 0.15) is 30.9 Å². The summed E-state index contributed by atoms with van der Waals surface area (Å²) in [6.07, 6.45) is 1.96. The van der Waals surface area contributed by atoms with Crippen LogP contribution < -0.4 is 0 Å². The van der Waals surface area contributed by atoms with Gasteiger partial charge in [0, 0.05) is 5.39 Å². The molecule has 1 heterocycles. The summed E-state index contributed by atoms with van der Waals surface area (Å²) < 4.78 is 2.06. The van der Waals surface area contributed by atoms with Crippen LogP contribution in [-0.2, 0) is 6.54 Å². The van der Waals surface area contributed by atoms with Gasteiger partial charge in [-0.1, -0.05) is 50.2 Å². The zero-order valence-electron chi connectivity index (χ0n) is 11.4. The van der Waals surface area contributed by atoms with Gasteiger partial charge in [-0.2, -0.15) is 5.10 Å². The molecule has 0 fully saturated rings. The summed E-state index contributed by atoms with van der Waals surface area (Å²) in [4.78, 5) is 0. The van der Waals surface area contributed by atoms with Crippen LogP contribution in [0.15, 0.2) is 54.7 Å². The molecule has 96 valence electrons. The number of hydrogen-bond acceptors (Lipinski definition) is 1. The third-order valence-corrected chi connectivity index (χ3v) is 3.51. The van der Waals surface area contributed by atoms with Crippen molar-refractivity contribution in [1.29, 1.82) is 0 Å². The van der Waals surface area contributed by atoms with Crippen molar-refractivity contribution in [3.8, 4) is 0 Å². The van der Waals surface area contributed by atoms with Gasteiger partial charge in [0.05, 0.1) is 18.3 Å². The van der Waals surface area contributed by atoms with Crippen LogP contribution in [0.25, 0.3) is 10.9 Å². The largest absolute Gasteiger partial charge is 0.260 e. The summed E-state index contributed by atoms with van der Waals surface area (Å²) in [6, 6.07) is 17.1. The van der Waals surface area contributed by atoms with Crippen molar-refractivity contribution in [2.75, 3.05) is 0 Å². The minimum atomic E-state index is 0.557.